The Bertz CT molecular complexity index is 1400. The first kappa shape index (κ1) is 19.2. The molecule has 5 rings (SSSR count). The van der Waals surface area contributed by atoms with Crippen LogP contribution in [0.4, 0.5) is 5.69 Å². The summed E-state index contributed by atoms with van der Waals surface area (Å²) in [6.07, 6.45) is 0. The molecule has 0 amide bonds. The molecule has 2 aromatic heterocycles. The van der Waals surface area contributed by atoms with Gasteiger partial charge < -0.3 is 4.57 Å². The molecule has 0 N–H and O–H groups in total. The van der Waals surface area contributed by atoms with Crippen molar-refractivity contribution in [2.45, 2.75) is 17.5 Å². The number of hydrogen-bond donors (Lipinski definition) is 0. The Hall–Kier alpha value is -3.78. The molecular formula is C23H17N5O2S. The van der Waals surface area contributed by atoms with E-state index >= 15 is 0 Å². The van der Waals surface area contributed by atoms with Crippen LogP contribution >= 0.6 is 11.8 Å². The largest absolute Gasteiger partial charge is 0.319 e. The molecule has 152 valence electrons. The minimum absolute atomic E-state index is 0.0993. The number of nitro groups is 1. The zero-order valence-electron chi connectivity index (χ0n) is 16.4. The van der Waals surface area contributed by atoms with E-state index in [-0.39, 0.29) is 10.6 Å². The minimum atomic E-state index is -0.365. The van der Waals surface area contributed by atoms with Crippen molar-refractivity contribution in [1.29, 1.82) is 0 Å². The van der Waals surface area contributed by atoms with Crippen LogP contribution in [0, 0.1) is 10.1 Å². The van der Waals surface area contributed by atoms with Crippen molar-refractivity contribution in [2.24, 2.45) is 0 Å². The molecule has 7 nitrogen and oxygen atoms in total. The lowest BCUT2D eigenvalue weighted by molar-refractivity contribution is -0.385. The lowest BCUT2D eigenvalue weighted by Crippen LogP contribution is -2.02. The molecule has 0 radical (unpaired) electrons. The number of benzene rings is 3. The van der Waals surface area contributed by atoms with Gasteiger partial charge in [0.2, 0.25) is 5.16 Å². The van der Waals surface area contributed by atoms with Gasteiger partial charge >= 0.3 is 0 Å². The Morgan fingerprint density at radius 3 is 2.48 bits per heavy atom. The van der Waals surface area contributed by atoms with Crippen LogP contribution in [-0.2, 0) is 12.3 Å². The third-order valence-corrected chi connectivity index (χ3v) is 5.97. The van der Waals surface area contributed by atoms with Crippen molar-refractivity contribution in [2.75, 3.05) is 0 Å². The molecule has 3 aromatic carbocycles. The minimum Gasteiger partial charge on any atom is -0.319 e. The summed E-state index contributed by atoms with van der Waals surface area (Å²) >= 11 is 1.34. The van der Waals surface area contributed by atoms with Gasteiger partial charge in [-0.2, -0.15) is 0 Å². The molecule has 0 fully saturated rings. The highest BCUT2D eigenvalue weighted by Crippen LogP contribution is 2.30. The third kappa shape index (κ3) is 3.73. The summed E-state index contributed by atoms with van der Waals surface area (Å²) in [4.78, 5) is 15.7. The van der Waals surface area contributed by atoms with Gasteiger partial charge in [-0.05, 0) is 11.6 Å². The molecule has 0 unspecified atom stereocenters. The third-order valence-electron chi connectivity index (χ3n) is 5.08. The molecule has 8 heteroatoms. The molecule has 2 heterocycles. The number of rotatable bonds is 6. The van der Waals surface area contributed by atoms with E-state index < -0.39 is 0 Å². The van der Waals surface area contributed by atoms with Crippen LogP contribution in [0.2, 0.25) is 0 Å². The van der Waals surface area contributed by atoms with E-state index in [1.54, 1.807) is 18.2 Å². The predicted molar refractivity (Wildman–Crippen MR) is 121 cm³/mol. The average molecular weight is 427 g/mol. The summed E-state index contributed by atoms with van der Waals surface area (Å²) in [5.74, 6) is 0.392. The molecule has 0 aliphatic rings. The van der Waals surface area contributed by atoms with Crippen molar-refractivity contribution in [3.63, 3.8) is 0 Å². The molecule has 31 heavy (non-hydrogen) atoms. The maximum Gasteiger partial charge on any atom is 0.273 e. The smallest absolute Gasteiger partial charge is 0.273 e. The first-order valence-electron chi connectivity index (χ1n) is 9.71. The van der Waals surface area contributed by atoms with Crippen LogP contribution in [0.3, 0.4) is 0 Å². The standard InChI is InChI=1S/C23H17N5O2S/c29-28(30)19-12-6-4-10-17(19)15-31-23-24-22-21(25-26-23)18-11-5-7-13-20(18)27(22)14-16-8-2-1-3-9-16/h1-13H,14-15H2. The normalized spacial score (nSPS) is 11.2. The quantitative estimate of drug-likeness (QED) is 0.210. The predicted octanol–water partition coefficient (Wildman–Crippen LogP) is 5.23. The van der Waals surface area contributed by atoms with Gasteiger partial charge in [0, 0.05) is 29.3 Å². The summed E-state index contributed by atoms with van der Waals surface area (Å²) in [5.41, 5.74) is 4.45. The van der Waals surface area contributed by atoms with Gasteiger partial charge in [0.15, 0.2) is 5.65 Å². The zero-order valence-corrected chi connectivity index (χ0v) is 17.2. The molecule has 0 spiro atoms. The van der Waals surface area contributed by atoms with E-state index in [2.05, 4.69) is 33.0 Å². The number of para-hydroxylation sites is 2. The maximum atomic E-state index is 11.3. The highest BCUT2D eigenvalue weighted by Gasteiger charge is 2.17. The van der Waals surface area contributed by atoms with Crippen LogP contribution in [0.15, 0.2) is 84.0 Å². The molecule has 5 aromatic rings. The number of fused-ring (bicyclic) bond motifs is 3. The van der Waals surface area contributed by atoms with Gasteiger partial charge in [-0.25, -0.2) is 4.98 Å². The first-order chi connectivity index (χ1) is 15.2. The van der Waals surface area contributed by atoms with Gasteiger partial charge in [-0.15, -0.1) is 10.2 Å². The number of thioether (sulfide) groups is 1. The highest BCUT2D eigenvalue weighted by atomic mass is 32.2. The molecule has 0 atom stereocenters. The van der Waals surface area contributed by atoms with Gasteiger partial charge in [0.25, 0.3) is 5.69 Å². The van der Waals surface area contributed by atoms with Gasteiger partial charge in [-0.3, -0.25) is 10.1 Å². The van der Waals surface area contributed by atoms with Gasteiger partial charge in [-0.1, -0.05) is 78.5 Å². The number of nitro benzene ring substituents is 1. The molecule has 0 bridgehead atoms. The van der Waals surface area contributed by atoms with Crippen LogP contribution in [0.25, 0.3) is 22.1 Å². The Kier molecular flexibility index (Phi) is 5.05. The fourth-order valence-corrected chi connectivity index (χ4v) is 4.41. The summed E-state index contributed by atoms with van der Waals surface area (Å²) in [6, 6.07) is 25.0. The summed E-state index contributed by atoms with van der Waals surface area (Å²) < 4.78 is 2.14. The van der Waals surface area contributed by atoms with Crippen LogP contribution < -0.4 is 0 Å². The Balaban J connectivity index is 1.54. The topological polar surface area (TPSA) is 86.7 Å². The van der Waals surface area contributed by atoms with Crippen molar-refractivity contribution in [1.82, 2.24) is 19.7 Å². The molecular weight excluding hydrogens is 410 g/mol. The fraction of sp³-hybridized carbons (Fsp3) is 0.0870. The van der Waals surface area contributed by atoms with Gasteiger partial charge in [0.1, 0.15) is 5.52 Å². The number of aromatic nitrogens is 4. The highest BCUT2D eigenvalue weighted by molar-refractivity contribution is 7.98. The second-order valence-electron chi connectivity index (χ2n) is 7.03. The second kappa shape index (κ2) is 8.16. The first-order valence-corrected chi connectivity index (χ1v) is 10.7. The van der Waals surface area contributed by atoms with E-state index in [9.17, 15) is 10.1 Å². The molecule has 0 saturated carbocycles. The van der Waals surface area contributed by atoms with E-state index in [1.165, 1.54) is 17.8 Å². The maximum absolute atomic E-state index is 11.3. The Labute approximate surface area is 181 Å². The van der Waals surface area contributed by atoms with Crippen LogP contribution in [0.1, 0.15) is 11.1 Å². The summed E-state index contributed by atoms with van der Waals surface area (Å²) in [6.45, 7) is 0.664. The Morgan fingerprint density at radius 1 is 0.903 bits per heavy atom. The lowest BCUT2D eigenvalue weighted by atomic mass is 10.2. The van der Waals surface area contributed by atoms with Crippen molar-refractivity contribution in [3.8, 4) is 0 Å². The molecule has 0 aliphatic carbocycles. The van der Waals surface area contributed by atoms with Crippen molar-refractivity contribution in [3.05, 3.63) is 100 Å². The van der Waals surface area contributed by atoms with Crippen molar-refractivity contribution >= 4 is 39.5 Å². The van der Waals surface area contributed by atoms with E-state index in [0.29, 0.717) is 23.0 Å². The fourth-order valence-electron chi connectivity index (χ4n) is 3.63. The lowest BCUT2D eigenvalue weighted by Gasteiger charge is -2.07. The average Bonchev–Trinajstić information content (AvgIpc) is 3.11. The Morgan fingerprint density at radius 2 is 1.65 bits per heavy atom. The van der Waals surface area contributed by atoms with E-state index in [0.717, 1.165) is 27.6 Å². The molecule has 0 saturated heterocycles. The summed E-state index contributed by atoms with van der Waals surface area (Å²) in [5, 5.41) is 21.5. The van der Waals surface area contributed by atoms with E-state index in [1.807, 2.05) is 36.4 Å². The summed E-state index contributed by atoms with van der Waals surface area (Å²) in [7, 11) is 0. The number of hydrogen-bond acceptors (Lipinski definition) is 6. The monoisotopic (exact) mass is 427 g/mol. The second-order valence-corrected chi connectivity index (χ2v) is 7.97. The zero-order chi connectivity index (χ0) is 21.2. The van der Waals surface area contributed by atoms with Crippen LogP contribution in [-0.4, -0.2) is 24.7 Å². The number of nitrogens with zero attached hydrogens (tertiary/aromatic N) is 5. The van der Waals surface area contributed by atoms with Gasteiger partial charge in [0.05, 0.1) is 10.4 Å². The molecule has 0 aliphatic heterocycles. The van der Waals surface area contributed by atoms with Crippen LogP contribution in [0.5, 0.6) is 0 Å². The SMILES string of the molecule is O=[N+]([O-])c1ccccc1CSc1nnc2c3ccccc3n(Cc3ccccc3)c2n1. The van der Waals surface area contributed by atoms with E-state index in [4.69, 9.17) is 4.98 Å². The van der Waals surface area contributed by atoms with Crippen molar-refractivity contribution < 1.29 is 4.92 Å².